The van der Waals surface area contributed by atoms with Crippen molar-refractivity contribution in [2.75, 3.05) is 6.61 Å². The lowest BCUT2D eigenvalue weighted by molar-refractivity contribution is -0.130. The Morgan fingerprint density at radius 1 is 1.31 bits per heavy atom. The van der Waals surface area contributed by atoms with Gasteiger partial charge in [0.15, 0.2) is 0 Å². The third kappa shape index (κ3) is 2.44. The molecule has 0 bridgehead atoms. The number of aliphatic hydroxyl groups excluding tert-OH is 1. The Labute approximate surface area is 79.3 Å². The molecule has 1 aliphatic rings. The summed E-state index contributed by atoms with van der Waals surface area (Å²) in [4.78, 5) is 11.3. The highest BCUT2D eigenvalue weighted by atomic mass is 16.3. The van der Waals surface area contributed by atoms with Crippen molar-refractivity contribution in [3.63, 3.8) is 0 Å². The molecule has 0 aromatic rings. The van der Waals surface area contributed by atoms with E-state index >= 15 is 0 Å². The van der Waals surface area contributed by atoms with Crippen LogP contribution in [0.2, 0.25) is 0 Å². The van der Waals surface area contributed by atoms with E-state index in [1.165, 1.54) is 6.42 Å². The quantitative estimate of drug-likeness (QED) is 0.691. The molecule has 1 saturated carbocycles. The zero-order valence-electron chi connectivity index (χ0n) is 8.09. The lowest BCUT2D eigenvalue weighted by Gasteiger charge is -2.34. The molecular formula is C10H19NO2. The zero-order valence-corrected chi connectivity index (χ0v) is 8.09. The number of carbonyl (C=O) groups is 1. The Bertz CT molecular complexity index is 174. The van der Waals surface area contributed by atoms with E-state index in [-0.39, 0.29) is 17.9 Å². The molecule has 76 valence electrons. The lowest BCUT2D eigenvalue weighted by Crippen LogP contribution is -2.38. The molecule has 0 heterocycles. The standard InChI is InChI=1S/C10H19NO2/c11-9(13)10(7-4-8-12)5-2-1-3-6-10/h12H,1-8H2,(H2,11,13). The molecule has 3 nitrogen and oxygen atoms in total. The predicted octanol–water partition coefficient (Wildman–Crippen LogP) is 1.19. The van der Waals surface area contributed by atoms with Gasteiger partial charge in [0.05, 0.1) is 0 Å². The van der Waals surface area contributed by atoms with E-state index in [4.69, 9.17) is 10.8 Å². The van der Waals surface area contributed by atoms with Crippen LogP contribution in [0.4, 0.5) is 0 Å². The molecule has 0 aromatic carbocycles. The van der Waals surface area contributed by atoms with Gasteiger partial charge in [-0.25, -0.2) is 0 Å². The van der Waals surface area contributed by atoms with Gasteiger partial charge in [0.2, 0.25) is 5.91 Å². The van der Waals surface area contributed by atoms with Gasteiger partial charge < -0.3 is 10.8 Å². The first-order valence-corrected chi connectivity index (χ1v) is 5.12. The zero-order chi connectivity index (χ0) is 9.73. The lowest BCUT2D eigenvalue weighted by atomic mass is 9.70. The maximum atomic E-state index is 11.3. The van der Waals surface area contributed by atoms with E-state index in [2.05, 4.69) is 0 Å². The van der Waals surface area contributed by atoms with Crippen molar-refractivity contribution in [3.05, 3.63) is 0 Å². The largest absolute Gasteiger partial charge is 0.396 e. The van der Waals surface area contributed by atoms with E-state index in [1.54, 1.807) is 0 Å². The molecule has 1 aliphatic carbocycles. The summed E-state index contributed by atoms with van der Waals surface area (Å²) in [5.41, 5.74) is 5.13. The molecule has 1 fully saturated rings. The van der Waals surface area contributed by atoms with Crippen LogP contribution in [0.1, 0.15) is 44.9 Å². The van der Waals surface area contributed by atoms with Crippen LogP contribution in [0.15, 0.2) is 0 Å². The molecule has 0 spiro atoms. The van der Waals surface area contributed by atoms with Gasteiger partial charge in [-0.15, -0.1) is 0 Å². The van der Waals surface area contributed by atoms with Crippen LogP contribution in [-0.4, -0.2) is 17.6 Å². The molecule has 1 rings (SSSR count). The van der Waals surface area contributed by atoms with Gasteiger partial charge >= 0.3 is 0 Å². The number of rotatable bonds is 4. The first-order valence-electron chi connectivity index (χ1n) is 5.12. The average molecular weight is 185 g/mol. The maximum absolute atomic E-state index is 11.3. The molecule has 0 aliphatic heterocycles. The predicted molar refractivity (Wildman–Crippen MR) is 51.0 cm³/mol. The minimum Gasteiger partial charge on any atom is -0.396 e. The molecule has 0 saturated heterocycles. The SMILES string of the molecule is NC(=O)C1(CCCO)CCCCC1. The third-order valence-electron chi connectivity index (χ3n) is 3.15. The van der Waals surface area contributed by atoms with Crippen molar-refractivity contribution in [1.82, 2.24) is 0 Å². The summed E-state index contributed by atoms with van der Waals surface area (Å²) in [6, 6.07) is 0. The Balaban J connectivity index is 2.56. The minimum atomic E-state index is -0.291. The van der Waals surface area contributed by atoms with Crippen LogP contribution in [-0.2, 0) is 4.79 Å². The van der Waals surface area contributed by atoms with E-state index < -0.39 is 0 Å². The van der Waals surface area contributed by atoms with Gasteiger partial charge in [-0.2, -0.15) is 0 Å². The summed E-state index contributed by atoms with van der Waals surface area (Å²) < 4.78 is 0. The molecule has 1 amide bonds. The Hall–Kier alpha value is -0.570. The van der Waals surface area contributed by atoms with Gasteiger partial charge in [-0.3, -0.25) is 4.79 Å². The first-order chi connectivity index (χ1) is 6.21. The van der Waals surface area contributed by atoms with Gasteiger partial charge in [0.1, 0.15) is 0 Å². The highest BCUT2D eigenvalue weighted by molar-refractivity contribution is 5.80. The number of primary amides is 1. The summed E-state index contributed by atoms with van der Waals surface area (Å²) >= 11 is 0. The fourth-order valence-corrected chi connectivity index (χ4v) is 2.27. The fourth-order valence-electron chi connectivity index (χ4n) is 2.27. The Morgan fingerprint density at radius 3 is 2.38 bits per heavy atom. The Kier molecular flexibility index (Phi) is 3.72. The molecule has 0 radical (unpaired) electrons. The van der Waals surface area contributed by atoms with Crippen molar-refractivity contribution in [1.29, 1.82) is 0 Å². The summed E-state index contributed by atoms with van der Waals surface area (Å²) in [6.45, 7) is 0.162. The molecule has 13 heavy (non-hydrogen) atoms. The number of amides is 1. The highest BCUT2D eigenvalue weighted by Crippen LogP contribution is 2.39. The second kappa shape index (κ2) is 4.61. The number of aliphatic hydroxyl groups is 1. The molecule has 0 aromatic heterocycles. The number of carbonyl (C=O) groups excluding carboxylic acids is 1. The highest BCUT2D eigenvalue weighted by Gasteiger charge is 2.36. The normalized spacial score (nSPS) is 21.3. The van der Waals surface area contributed by atoms with Crippen LogP contribution in [0.25, 0.3) is 0 Å². The second-order valence-electron chi connectivity index (χ2n) is 4.03. The van der Waals surface area contributed by atoms with Crippen molar-refractivity contribution in [3.8, 4) is 0 Å². The van der Waals surface area contributed by atoms with Crippen molar-refractivity contribution in [2.45, 2.75) is 44.9 Å². The number of hydrogen-bond donors (Lipinski definition) is 2. The summed E-state index contributed by atoms with van der Waals surface area (Å²) in [6.07, 6.45) is 6.73. The minimum absolute atomic E-state index is 0.162. The first kappa shape index (κ1) is 10.5. The monoisotopic (exact) mass is 185 g/mol. The van der Waals surface area contributed by atoms with Gasteiger partial charge in [0, 0.05) is 12.0 Å². The molecule has 0 unspecified atom stereocenters. The van der Waals surface area contributed by atoms with Crippen molar-refractivity contribution in [2.24, 2.45) is 11.1 Å². The van der Waals surface area contributed by atoms with Crippen LogP contribution < -0.4 is 5.73 Å². The summed E-state index contributed by atoms with van der Waals surface area (Å²) in [5.74, 6) is -0.166. The number of nitrogens with two attached hydrogens (primary N) is 1. The fraction of sp³-hybridized carbons (Fsp3) is 0.900. The van der Waals surface area contributed by atoms with Gasteiger partial charge in [0.25, 0.3) is 0 Å². The smallest absolute Gasteiger partial charge is 0.223 e. The molecular weight excluding hydrogens is 166 g/mol. The maximum Gasteiger partial charge on any atom is 0.223 e. The van der Waals surface area contributed by atoms with Gasteiger partial charge in [-0.05, 0) is 25.7 Å². The van der Waals surface area contributed by atoms with E-state index in [0.717, 1.165) is 32.1 Å². The van der Waals surface area contributed by atoms with Crippen LogP contribution in [0.5, 0.6) is 0 Å². The molecule has 0 atom stereocenters. The van der Waals surface area contributed by atoms with Crippen molar-refractivity contribution < 1.29 is 9.90 Å². The van der Waals surface area contributed by atoms with Crippen molar-refractivity contribution >= 4 is 5.91 Å². The van der Waals surface area contributed by atoms with Crippen LogP contribution in [0.3, 0.4) is 0 Å². The molecule has 3 heteroatoms. The third-order valence-corrected chi connectivity index (χ3v) is 3.15. The van der Waals surface area contributed by atoms with Crippen LogP contribution >= 0.6 is 0 Å². The summed E-state index contributed by atoms with van der Waals surface area (Å²) in [7, 11) is 0. The van der Waals surface area contributed by atoms with E-state index in [9.17, 15) is 4.79 Å². The van der Waals surface area contributed by atoms with E-state index in [1.807, 2.05) is 0 Å². The number of hydrogen-bond acceptors (Lipinski definition) is 2. The average Bonchev–Trinajstić information content (AvgIpc) is 2.16. The summed E-state index contributed by atoms with van der Waals surface area (Å²) in [5, 5.41) is 8.74. The van der Waals surface area contributed by atoms with Gasteiger partial charge in [-0.1, -0.05) is 19.3 Å². The molecule has 3 N–H and O–H groups in total. The van der Waals surface area contributed by atoms with E-state index in [0.29, 0.717) is 6.42 Å². The topological polar surface area (TPSA) is 63.3 Å². The van der Waals surface area contributed by atoms with Crippen LogP contribution in [0, 0.1) is 5.41 Å². The second-order valence-corrected chi connectivity index (χ2v) is 4.03. The Morgan fingerprint density at radius 2 is 1.92 bits per heavy atom.